The highest BCUT2D eigenvalue weighted by Crippen LogP contribution is 2.12. The van der Waals surface area contributed by atoms with Crippen LogP contribution in [0.2, 0.25) is 0 Å². The van der Waals surface area contributed by atoms with Crippen LogP contribution in [0, 0.1) is 0 Å². The van der Waals surface area contributed by atoms with Gasteiger partial charge in [-0.05, 0) is 30.2 Å². The van der Waals surface area contributed by atoms with E-state index in [4.69, 9.17) is 10.8 Å². The summed E-state index contributed by atoms with van der Waals surface area (Å²) in [5.74, 6) is -3.05. The smallest absolute Gasteiger partial charge is 0.322 e. The summed E-state index contributed by atoms with van der Waals surface area (Å²) in [6.45, 7) is 0.870. The minimum atomic E-state index is -1.23. The van der Waals surface area contributed by atoms with E-state index in [0.717, 1.165) is 5.56 Å². The van der Waals surface area contributed by atoms with Gasteiger partial charge < -0.3 is 31.9 Å². The van der Waals surface area contributed by atoms with Gasteiger partial charge >= 0.3 is 5.97 Å². The van der Waals surface area contributed by atoms with E-state index in [1.807, 2.05) is 6.07 Å². The van der Waals surface area contributed by atoms with Gasteiger partial charge in [0.2, 0.25) is 17.7 Å². The summed E-state index contributed by atoms with van der Waals surface area (Å²) in [5.41, 5.74) is 7.04. The maximum Gasteiger partial charge on any atom is 0.322 e. The third-order valence-electron chi connectivity index (χ3n) is 4.75. The number of carboxylic acid groups (broad SMARTS) is 1. The number of phenolic OH excluding ortho intramolecular Hbond substituents is 1. The number of carboxylic acids is 1. The highest BCUT2D eigenvalue weighted by molar-refractivity contribution is 5.93. The number of aromatic hydroxyl groups is 1. The second-order valence-electron chi connectivity index (χ2n) is 7.58. The number of aliphatic carboxylic acids is 1. The molecule has 0 spiro atoms. The molecule has 0 saturated carbocycles. The van der Waals surface area contributed by atoms with Crippen molar-refractivity contribution in [2.75, 3.05) is 6.54 Å². The first-order valence-electron chi connectivity index (χ1n) is 10.3. The summed E-state index contributed by atoms with van der Waals surface area (Å²) in [5, 5.41) is 25.8. The van der Waals surface area contributed by atoms with Crippen LogP contribution in [0.5, 0.6) is 5.75 Å². The molecule has 2 rings (SSSR count). The van der Waals surface area contributed by atoms with Crippen molar-refractivity contribution in [1.82, 2.24) is 16.0 Å². The Hall–Kier alpha value is -3.92. The molecular weight excluding hydrogens is 428 g/mol. The van der Waals surface area contributed by atoms with E-state index in [9.17, 15) is 24.3 Å². The summed E-state index contributed by atoms with van der Waals surface area (Å²) >= 11 is 0. The van der Waals surface area contributed by atoms with E-state index in [1.165, 1.54) is 19.1 Å². The predicted molar refractivity (Wildman–Crippen MR) is 120 cm³/mol. The number of rotatable bonds is 11. The number of nitrogens with two attached hydrogens (primary N) is 1. The van der Waals surface area contributed by atoms with Crippen molar-refractivity contribution in [2.24, 2.45) is 5.73 Å². The van der Waals surface area contributed by atoms with E-state index in [-0.39, 0.29) is 18.6 Å². The molecule has 0 aromatic heterocycles. The first-order chi connectivity index (χ1) is 15.7. The second-order valence-corrected chi connectivity index (χ2v) is 7.58. The molecule has 0 aliphatic carbocycles. The molecule has 0 saturated heterocycles. The van der Waals surface area contributed by atoms with Gasteiger partial charge in [-0.15, -0.1) is 0 Å². The van der Waals surface area contributed by atoms with Crippen LogP contribution in [0.25, 0.3) is 0 Å². The number of carbonyl (C=O) groups is 4. The largest absolute Gasteiger partial charge is 0.508 e. The van der Waals surface area contributed by atoms with E-state index in [1.54, 1.807) is 36.4 Å². The van der Waals surface area contributed by atoms with Crippen LogP contribution >= 0.6 is 0 Å². The maximum absolute atomic E-state index is 13.1. The van der Waals surface area contributed by atoms with Gasteiger partial charge in [-0.3, -0.25) is 19.2 Å². The fourth-order valence-corrected chi connectivity index (χ4v) is 3.00. The van der Waals surface area contributed by atoms with Crippen molar-refractivity contribution in [3.05, 3.63) is 65.7 Å². The Labute approximate surface area is 191 Å². The highest BCUT2D eigenvalue weighted by atomic mass is 16.4. The molecule has 0 heterocycles. The van der Waals surface area contributed by atoms with Crippen LogP contribution in [0.1, 0.15) is 18.1 Å². The van der Waals surface area contributed by atoms with Crippen LogP contribution in [-0.2, 0) is 32.0 Å². The zero-order valence-corrected chi connectivity index (χ0v) is 18.2. The lowest BCUT2D eigenvalue weighted by Crippen LogP contribution is -2.56. The van der Waals surface area contributed by atoms with Crippen LogP contribution in [0.15, 0.2) is 54.6 Å². The number of phenols is 1. The standard InChI is InChI=1S/C23H28N4O6/c1-14(24)21(31)26-19(11-15-5-3-2-4-6-15)23(33)27-18(22(32)25-13-20(29)30)12-16-7-9-17(28)10-8-16/h2-10,14,18-19,28H,11-13,24H2,1H3,(H,25,32)(H,26,31)(H,27,33)(H,29,30). The third-order valence-corrected chi connectivity index (χ3v) is 4.75. The van der Waals surface area contributed by atoms with Gasteiger partial charge in [-0.2, -0.15) is 0 Å². The Morgan fingerprint density at radius 3 is 1.88 bits per heavy atom. The third kappa shape index (κ3) is 8.62. The maximum atomic E-state index is 13.1. The van der Waals surface area contributed by atoms with Crippen molar-refractivity contribution >= 4 is 23.7 Å². The van der Waals surface area contributed by atoms with Crippen LogP contribution in [0.3, 0.4) is 0 Å². The molecule has 0 aliphatic rings. The van der Waals surface area contributed by atoms with Gasteiger partial charge in [0, 0.05) is 12.8 Å². The first-order valence-corrected chi connectivity index (χ1v) is 10.3. The summed E-state index contributed by atoms with van der Waals surface area (Å²) in [6.07, 6.45) is 0.199. The average Bonchev–Trinajstić information content (AvgIpc) is 2.78. The molecule has 176 valence electrons. The molecule has 3 unspecified atom stereocenters. The average molecular weight is 456 g/mol. The molecule has 3 atom stereocenters. The first kappa shape index (κ1) is 25.3. The van der Waals surface area contributed by atoms with Crippen molar-refractivity contribution < 1.29 is 29.4 Å². The van der Waals surface area contributed by atoms with Crippen molar-refractivity contribution in [1.29, 1.82) is 0 Å². The number of hydrogen-bond donors (Lipinski definition) is 6. The van der Waals surface area contributed by atoms with Crippen molar-refractivity contribution in [2.45, 2.75) is 37.9 Å². The Morgan fingerprint density at radius 1 is 0.818 bits per heavy atom. The molecule has 10 nitrogen and oxygen atoms in total. The fourth-order valence-electron chi connectivity index (χ4n) is 3.00. The number of nitrogens with one attached hydrogen (secondary N) is 3. The Bertz CT molecular complexity index is 963. The number of carbonyl (C=O) groups excluding carboxylic acids is 3. The van der Waals surface area contributed by atoms with Gasteiger partial charge in [0.05, 0.1) is 6.04 Å². The molecule has 2 aromatic carbocycles. The zero-order valence-electron chi connectivity index (χ0n) is 18.2. The van der Waals surface area contributed by atoms with E-state index >= 15 is 0 Å². The summed E-state index contributed by atoms with van der Waals surface area (Å²) in [6, 6.07) is 12.1. The number of benzene rings is 2. The Kier molecular flexibility index (Phi) is 9.37. The van der Waals surface area contributed by atoms with Gasteiger partial charge in [-0.1, -0.05) is 42.5 Å². The molecule has 2 aromatic rings. The zero-order chi connectivity index (χ0) is 24.4. The quantitative estimate of drug-likeness (QED) is 0.269. The predicted octanol–water partition coefficient (Wildman–Crippen LogP) is -0.305. The van der Waals surface area contributed by atoms with Crippen molar-refractivity contribution in [3.63, 3.8) is 0 Å². The summed E-state index contributed by atoms with van der Waals surface area (Å²) < 4.78 is 0. The molecular formula is C23H28N4O6. The molecule has 0 fully saturated rings. The van der Waals surface area contributed by atoms with Crippen LogP contribution in [0.4, 0.5) is 0 Å². The van der Waals surface area contributed by atoms with Crippen molar-refractivity contribution in [3.8, 4) is 5.75 Å². The van der Waals surface area contributed by atoms with E-state index in [2.05, 4.69) is 16.0 Å². The van der Waals surface area contributed by atoms with Gasteiger partial charge in [0.25, 0.3) is 0 Å². The topological polar surface area (TPSA) is 171 Å². The SMILES string of the molecule is CC(N)C(=O)NC(Cc1ccccc1)C(=O)NC(Cc1ccc(O)cc1)C(=O)NCC(=O)O. The molecule has 0 bridgehead atoms. The lowest BCUT2D eigenvalue weighted by molar-refractivity contribution is -0.138. The molecule has 10 heteroatoms. The Morgan fingerprint density at radius 2 is 1.33 bits per heavy atom. The summed E-state index contributed by atoms with van der Waals surface area (Å²) in [4.78, 5) is 48.8. The second kappa shape index (κ2) is 12.2. The Balaban J connectivity index is 2.22. The molecule has 0 radical (unpaired) electrons. The fraction of sp³-hybridized carbons (Fsp3) is 0.304. The van der Waals surface area contributed by atoms with E-state index < -0.39 is 48.4 Å². The molecule has 3 amide bonds. The highest BCUT2D eigenvalue weighted by Gasteiger charge is 2.28. The number of hydrogen-bond acceptors (Lipinski definition) is 6. The number of amides is 3. The summed E-state index contributed by atoms with van der Waals surface area (Å²) in [7, 11) is 0. The normalized spacial score (nSPS) is 13.3. The lowest BCUT2D eigenvalue weighted by atomic mass is 10.0. The van der Waals surface area contributed by atoms with Gasteiger partial charge in [0.1, 0.15) is 24.4 Å². The van der Waals surface area contributed by atoms with Gasteiger partial charge in [0.15, 0.2) is 0 Å². The van der Waals surface area contributed by atoms with Crippen LogP contribution in [-0.4, -0.2) is 58.6 Å². The molecule has 33 heavy (non-hydrogen) atoms. The molecule has 0 aliphatic heterocycles. The lowest BCUT2D eigenvalue weighted by Gasteiger charge is -2.24. The minimum Gasteiger partial charge on any atom is -0.508 e. The monoisotopic (exact) mass is 456 g/mol. The molecule has 7 N–H and O–H groups in total. The van der Waals surface area contributed by atoms with E-state index in [0.29, 0.717) is 5.56 Å². The van der Waals surface area contributed by atoms with Gasteiger partial charge in [-0.25, -0.2) is 0 Å². The minimum absolute atomic E-state index is 0.0382. The van der Waals surface area contributed by atoms with Crippen LogP contribution < -0.4 is 21.7 Å².